The van der Waals surface area contributed by atoms with E-state index < -0.39 is 27.4 Å². The Kier molecular flexibility index (Phi) is 5.43. The van der Waals surface area contributed by atoms with Crippen LogP contribution in [-0.4, -0.2) is 26.0 Å². The third-order valence-corrected chi connectivity index (χ3v) is 6.93. The molecule has 0 atom stereocenters. The number of amides is 2. The molecule has 1 aliphatic carbocycles. The number of fused-ring (bicyclic) bond motifs is 1. The third-order valence-electron chi connectivity index (χ3n) is 4.25. The molecule has 6 nitrogen and oxygen atoms in total. The van der Waals surface area contributed by atoms with E-state index in [1.165, 1.54) is 11.3 Å². The second kappa shape index (κ2) is 7.59. The molecule has 1 heterocycles. The van der Waals surface area contributed by atoms with Crippen LogP contribution in [0.25, 0.3) is 0 Å². The van der Waals surface area contributed by atoms with Crippen molar-refractivity contribution < 1.29 is 18.0 Å². The van der Waals surface area contributed by atoms with Crippen LogP contribution in [0.4, 0.5) is 5.00 Å². The maximum absolute atomic E-state index is 12.3. The monoisotopic (exact) mass is 392 g/mol. The molecule has 0 spiro atoms. The average Bonchev–Trinajstić information content (AvgIpc) is 2.92. The van der Waals surface area contributed by atoms with Gasteiger partial charge in [0, 0.05) is 4.88 Å². The van der Waals surface area contributed by atoms with Crippen molar-refractivity contribution in [2.45, 2.75) is 31.4 Å². The number of anilines is 1. The van der Waals surface area contributed by atoms with Crippen LogP contribution in [-0.2, 0) is 33.2 Å². The Morgan fingerprint density at radius 3 is 2.50 bits per heavy atom. The highest BCUT2D eigenvalue weighted by atomic mass is 32.2. The molecule has 138 valence electrons. The molecule has 1 aromatic carbocycles. The topological polar surface area (TPSA) is 106 Å². The summed E-state index contributed by atoms with van der Waals surface area (Å²) >= 11 is 1.32. The van der Waals surface area contributed by atoms with E-state index in [-0.39, 0.29) is 5.75 Å². The summed E-state index contributed by atoms with van der Waals surface area (Å²) in [5.74, 6) is -2.08. The summed E-state index contributed by atoms with van der Waals surface area (Å²) in [6.45, 7) is 0. The Balaban J connectivity index is 1.74. The predicted octanol–water partition coefficient (Wildman–Crippen LogP) is 2.28. The third kappa shape index (κ3) is 4.31. The minimum Gasteiger partial charge on any atom is -0.365 e. The van der Waals surface area contributed by atoms with E-state index in [1.807, 2.05) is 0 Å². The molecule has 0 fully saturated rings. The van der Waals surface area contributed by atoms with Crippen LogP contribution in [0.15, 0.2) is 30.3 Å². The van der Waals surface area contributed by atoms with Crippen molar-refractivity contribution in [3.63, 3.8) is 0 Å². The number of hydrogen-bond acceptors (Lipinski definition) is 5. The highest BCUT2D eigenvalue weighted by Gasteiger charge is 2.26. The molecule has 0 aliphatic heterocycles. The predicted molar refractivity (Wildman–Crippen MR) is 102 cm³/mol. The molecule has 3 rings (SSSR count). The largest absolute Gasteiger partial charge is 0.365 e. The van der Waals surface area contributed by atoms with E-state index in [4.69, 9.17) is 5.73 Å². The van der Waals surface area contributed by atoms with E-state index in [0.717, 1.165) is 36.1 Å². The van der Waals surface area contributed by atoms with Gasteiger partial charge in [-0.25, -0.2) is 8.42 Å². The number of nitrogens with one attached hydrogen (secondary N) is 1. The van der Waals surface area contributed by atoms with Crippen LogP contribution in [0.5, 0.6) is 0 Å². The number of carbonyl (C=O) groups is 2. The van der Waals surface area contributed by atoms with Gasteiger partial charge in [0.15, 0.2) is 9.84 Å². The van der Waals surface area contributed by atoms with Crippen molar-refractivity contribution >= 4 is 38.0 Å². The van der Waals surface area contributed by atoms with E-state index in [0.29, 0.717) is 16.1 Å². The van der Waals surface area contributed by atoms with E-state index in [9.17, 15) is 18.0 Å². The summed E-state index contributed by atoms with van der Waals surface area (Å²) < 4.78 is 24.5. The summed E-state index contributed by atoms with van der Waals surface area (Å²) in [5, 5.41) is 2.96. The first kappa shape index (κ1) is 18.6. The number of nitrogens with two attached hydrogens (primary N) is 1. The van der Waals surface area contributed by atoms with Crippen molar-refractivity contribution in [2.24, 2.45) is 5.73 Å². The van der Waals surface area contributed by atoms with Crippen molar-refractivity contribution in [1.29, 1.82) is 0 Å². The van der Waals surface area contributed by atoms with Gasteiger partial charge in [0.05, 0.1) is 11.3 Å². The molecule has 1 aliphatic rings. The van der Waals surface area contributed by atoms with Crippen LogP contribution < -0.4 is 11.1 Å². The SMILES string of the molecule is NC(=O)c1c(NC(=O)CS(=O)(=O)Cc2ccccc2)sc2c1CCCC2. The van der Waals surface area contributed by atoms with Gasteiger partial charge in [0.2, 0.25) is 5.91 Å². The fourth-order valence-corrected chi connectivity index (χ4v) is 5.74. The van der Waals surface area contributed by atoms with Gasteiger partial charge in [-0.2, -0.15) is 0 Å². The molecule has 26 heavy (non-hydrogen) atoms. The van der Waals surface area contributed by atoms with Crippen LogP contribution >= 0.6 is 11.3 Å². The minimum absolute atomic E-state index is 0.203. The second-order valence-corrected chi connectivity index (χ2v) is 9.51. The molecule has 0 unspecified atom stereocenters. The molecule has 2 aromatic rings. The minimum atomic E-state index is -3.61. The standard InChI is InChI=1S/C18H20N2O4S2/c19-17(22)16-13-8-4-5-9-14(13)25-18(16)20-15(21)11-26(23,24)10-12-6-2-1-3-7-12/h1-3,6-7H,4-5,8-11H2,(H2,19,22)(H,20,21). The molecule has 1 aromatic heterocycles. The average molecular weight is 393 g/mol. The van der Waals surface area contributed by atoms with Gasteiger partial charge < -0.3 is 11.1 Å². The van der Waals surface area contributed by atoms with Gasteiger partial charge in [-0.1, -0.05) is 30.3 Å². The number of benzene rings is 1. The summed E-state index contributed by atoms with van der Waals surface area (Å²) in [6, 6.07) is 8.70. The molecular weight excluding hydrogens is 372 g/mol. The summed E-state index contributed by atoms with van der Waals surface area (Å²) in [7, 11) is -3.61. The number of carbonyl (C=O) groups excluding carboxylic acids is 2. The zero-order valence-corrected chi connectivity index (χ0v) is 15.8. The highest BCUT2D eigenvalue weighted by molar-refractivity contribution is 7.91. The van der Waals surface area contributed by atoms with Crippen LogP contribution in [0.2, 0.25) is 0 Å². The normalized spacial score (nSPS) is 13.8. The van der Waals surface area contributed by atoms with Crippen LogP contribution in [0.1, 0.15) is 39.2 Å². The number of hydrogen-bond donors (Lipinski definition) is 2. The van der Waals surface area contributed by atoms with Gasteiger partial charge >= 0.3 is 0 Å². The number of aryl methyl sites for hydroxylation is 1. The van der Waals surface area contributed by atoms with Gasteiger partial charge in [-0.3, -0.25) is 9.59 Å². The first-order chi connectivity index (χ1) is 12.4. The Morgan fingerprint density at radius 1 is 1.12 bits per heavy atom. The summed E-state index contributed by atoms with van der Waals surface area (Å²) in [4.78, 5) is 25.1. The molecule has 0 saturated heterocycles. The van der Waals surface area contributed by atoms with Gasteiger partial charge in [0.1, 0.15) is 10.8 Å². The van der Waals surface area contributed by atoms with Gasteiger partial charge in [-0.15, -0.1) is 11.3 Å². The number of primary amides is 1. The van der Waals surface area contributed by atoms with E-state index in [2.05, 4.69) is 5.32 Å². The Bertz CT molecular complexity index is 934. The quantitative estimate of drug-likeness (QED) is 0.786. The summed E-state index contributed by atoms with van der Waals surface area (Å²) in [6.07, 6.45) is 3.61. The van der Waals surface area contributed by atoms with Crippen molar-refractivity contribution in [3.8, 4) is 0 Å². The second-order valence-electron chi connectivity index (χ2n) is 6.35. The Hall–Kier alpha value is -2.19. The molecule has 0 bridgehead atoms. The Morgan fingerprint density at radius 2 is 1.81 bits per heavy atom. The maximum atomic E-state index is 12.3. The molecule has 8 heteroatoms. The zero-order valence-electron chi connectivity index (χ0n) is 14.2. The van der Waals surface area contributed by atoms with Crippen LogP contribution in [0.3, 0.4) is 0 Å². The molecule has 0 radical (unpaired) electrons. The van der Waals surface area contributed by atoms with Crippen molar-refractivity contribution in [1.82, 2.24) is 0 Å². The lowest BCUT2D eigenvalue weighted by Gasteiger charge is -2.11. The lowest BCUT2D eigenvalue weighted by atomic mass is 9.95. The van der Waals surface area contributed by atoms with Crippen molar-refractivity contribution in [3.05, 3.63) is 51.9 Å². The molecule has 2 amide bonds. The molecule has 3 N–H and O–H groups in total. The maximum Gasteiger partial charge on any atom is 0.251 e. The first-order valence-corrected chi connectivity index (χ1v) is 11.0. The van der Waals surface area contributed by atoms with Gasteiger partial charge in [0.25, 0.3) is 5.91 Å². The smallest absolute Gasteiger partial charge is 0.251 e. The molecular formula is C18H20N2O4S2. The lowest BCUT2D eigenvalue weighted by Crippen LogP contribution is -2.25. The highest BCUT2D eigenvalue weighted by Crippen LogP contribution is 2.37. The van der Waals surface area contributed by atoms with Crippen molar-refractivity contribution in [2.75, 3.05) is 11.1 Å². The first-order valence-electron chi connectivity index (χ1n) is 8.34. The van der Waals surface area contributed by atoms with E-state index >= 15 is 0 Å². The van der Waals surface area contributed by atoms with Gasteiger partial charge in [-0.05, 0) is 36.8 Å². The fourth-order valence-electron chi connectivity index (χ4n) is 3.16. The lowest BCUT2D eigenvalue weighted by molar-refractivity contribution is -0.113. The number of rotatable bonds is 6. The molecule has 0 saturated carbocycles. The summed E-state index contributed by atoms with van der Waals surface area (Å²) in [5.41, 5.74) is 7.35. The zero-order chi connectivity index (χ0) is 18.7. The van der Waals surface area contributed by atoms with Crippen LogP contribution in [0, 0.1) is 0 Å². The number of sulfone groups is 1. The number of thiophene rings is 1. The fraction of sp³-hybridized carbons (Fsp3) is 0.333. The Labute approximate surface area is 156 Å². The van der Waals surface area contributed by atoms with E-state index in [1.54, 1.807) is 30.3 Å².